The second-order valence-corrected chi connectivity index (χ2v) is 8.77. The van der Waals surface area contributed by atoms with Gasteiger partial charge in [-0.3, -0.25) is 4.57 Å². The van der Waals surface area contributed by atoms with Gasteiger partial charge in [-0.05, 0) is 24.7 Å². The number of ether oxygens (including phenoxy) is 2. The molecule has 0 radical (unpaired) electrons. The standard InChI is InChI=1S/C19H41O5P.12CH4/c1-6-10-18(8-3)16-21-12-14-23-25(5,20)24-15-13-22-17-19(9-4)11-7-2;;;;;;;;;;;;/h18-19H,6-17H2,1-5H3;12*1H4. The lowest BCUT2D eigenvalue weighted by atomic mass is 10.0. The largest absolute Gasteiger partial charge is 0.379 e. The van der Waals surface area contributed by atoms with Crippen molar-refractivity contribution in [1.82, 2.24) is 0 Å². The number of rotatable bonds is 18. The highest BCUT2D eigenvalue weighted by Crippen LogP contribution is 2.43. The van der Waals surface area contributed by atoms with Crippen LogP contribution in [0.25, 0.3) is 0 Å². The van der Waals surface area contributed by atoms with Crippen LogP contribution in [0.15, 0.2) is 0 Å². The van der Waals surface area contributed by atoms with E-state index in [9.17, 15) is 4.57 Å². The van der Waals surface area contributed by atoms with Crippen LogP contribution in [-0.2, 0) is 23.1 Å². The smallest absolute Gasteiger partial charge is 0.327 e. The Morgan fingerprint density at radius 2 is 0.784 bits per heavy atom. The molecule has 0 aromatic heterocycles. The van der Waals surface area contributed by atoms with Gasteiger partial charge in [0.2, 0.25) is 0 Å². The Labute approximate surface area is 244 Å². The minimum absolute atomic E-state index is 0. The third-order valence-electron chi connectivity index (χ3n) is 4.36. The summed E-state index contributed by atoms with van der Waals surface area (Å²) in [6, 6.07) is 0. The third-order valence-corrected chi connectivity index (χ3v) is 5.67. The molecule has 37 heavy (non-hydrogen) atoms. The first-order valence-corrected chi connectivity index (χ1v) is 12.0. The van der Waals surface area contributed by atoms with E-state index in [1.807, 2.05) is 0 Å². The van der Waals surface area contributed by atoms with Gasteiger partial charge in [0.25, 0.3) is 0 Å². The van der Waals surface area contributed by atoms with E-state index < -0.39 is 7.60 Å². The van der Waals surface area contributed by atoms with E-state index in [4.69, 9.17) is 18.5 Å². The van der Waals surface area contributed by atoms with Gasteiger partial charge in [0.1, 0.15) is 0 Å². The van der Waals surface area contributed by atoms with Crippen molar-refractivity contribution in [2.45, 2.75) is 155 Å². The molecular formula is C31H89O5P. The Bertz CT molecular complexity index is 314. The Morgan fingerprint density at radius 3 is 1.00 bits per heavy atom. The molecule has 0 heterocycles. The highest BCUT2D eigenvalue weighted by molar-refractivity contribution is 7.52. The monoisotopic (exact) mass is 573 g/mol. The molecule has 248 valence electrons. The molecule has 0 bridgehead atoms. The van der Waals surface area contributed by atoms with E-state index in [-0.39, 0.29) is 89.1 Å². The van der Waals surface area contributed by atoms with Crippen molar-refractivity contribution in [3.8, 4) is 0 Å². The predicted octanol–water partition coefficient (Wildman–Crippen LogP) is 13.2. The molecule has 0 saturated carbocycles. The maximum Gasteiger partial charge on any atom is 0.327 e. The summed E-state index contributed by atoms with van der Waals surface area (Å²) in [7, 11) is -3.02. The van der Waals surface area contributed by atoms with Gasteiger partial charge in [0.15, 0.2) is 0 Å². The van der Waals surface area contributed by atoms with Gasteiger partial charge in [-0.25, -0.2) is 0 Å². The molecule has 0 amide bonds. The zero-order chi connectivity index (χ0) is 19.0. The highest BCUT2D eigenvalue weighted by Gasteiger charge is 2.17. The molecule has 5 nitrogen and oxygen atoms in total. The van der Waals surface area contributed by atoms with Gasteiger partial charge in [0.05, 0.1) is 26.4 Å². The molecule has 0 saturated heterocycles. The quantitative estimate of drug-likeness (QED) is 0.121. The minimum Gasteiger partial charge on any atom is -0.379 e. The molecule has 0 aromatic carbocycles. The third kappa shape index (κ3) is 53.1. The van der Waals surface area contributed by atoms with Crippen molar-refractivity contribution in [2.75, 3.05) is 46.3 Å². The van der Waals surface area contributed by atoms with Gasteiger partial charge in [-0.1, -0.05) is 142 Å². The molecule has 0 aliphatic carbocycles. The summed E-state index contributed by atoms with van der Waals surface area (Å²) in [6.07, 6.45) is 6.97. The fraction of sp³-hybridized carbons (Fsp3) is 1.00. The van der Waals surface area contributed by atoms with E-state index in [0.29, 0.717) is 38.3 Å². The lowest BCUT2D eigenvalue weighted by Gasteiger charge is -2.17. The second kappa shape index (κ2) is 56.3. The van der Waals surface area contributed by atoms with E-state index in [1.165, 1.54) is 32.3 Å². The normalized spacial score (nSPS) is 11.2. The topological polar surface area (TPSA) is 54.0 Å². The second-order valence-electron chi connectivity index (χ2n) is 6.71. The minimum atomic E-state index is -3.02. The SMILES string of the molecule is C.C.C.C.C.C.C.C.C.C.C.C.CCCC(CC)COCCOP(C)(=O)OCCOCC(CC)CCC. The lowest BCUT2D eigenvalue weighted by molar-refractivity contribution is 0.0522. The van der Waals surface area contributed by atoms with Gasteiger partial charge < -0.3 is 18.5 Å². The van der Waals surface area contributed by atoms with Crippen LogP contribution >= 0.6 is 7.60 Å². The maximum absolute atomic E-state index is 12.2. The Morgan fingerprint density at radius 1 is 0.514 bits per heavy atom. The van der Waals surface area contributed by atoms with E-state index in [1.54, 1.807) is 0 Å². The first kappa shape index (κ1) is 83.2. The van der Waals surface area contributed by atoms with E-state index in [2.05, 4.69) is 27.7 Å². The molecule has 2 unspecified atom stereocenters. The van der Waals surface area contributed by atoms with E-state index >= 15 is 0 Å². The average molecular weight is 573 g/mol. The van der Waals surface area contributed by atoms with Gasteiger partial charge in [-0.2, -0.15) is 0 Å². The Hall–Kier alpha value is 0.0700. The van der Waals surface area contributed by atoms with Crippen molar-refractivity contribution < 1.29 is 23.1 Å². The molecular weight excluding hydrogens is 483 g/mol. The maximum atomic E-state index is 12.2. The van der Waals surface area contributed by atoms with Gasteiger partial charge in [-0.15, -0.1) is 0 Å². The molecule has 0 fully saturated rings. The van der Waals surface area contributed by atoms with Gasteiger partial charge >= 0.3 is 7.60 Å². The molecule has 0 spiro atoms. The summed E-state index contributed by atoms with van der Waals surface area (Å²) < 4.78 is 34.1. The summed E-state index contributed by atoms with van der Waals surface area (Å²) in [5, 5.41) is 0. The van der Waals surface area contributed by atoms with Crippen LogP contribution in [0, 0.1) is 11.8 Å². The fourth-order valence-corrected chi connectivity index (χ4v) is 3.58. The van der Waals surface area contributed by atoms with Crippen molar-refractivity contribution in [2.24, 2.45) is 11.8 Å². The van der Waals surface area contributed by atoms with Crippen molar-refractivity contribution in [3.63, 3.8) is 0 Å². The predicted molar refractivity (Wildman–Crippen MR) is 185 cm³/mol. The van der Waals surface area contributed by atoms with Gasteiger partial charge in [0, 0.05) is 19.9 Å². The summed E-state index contributed by atoms with van der Waals surface area (Å²) in [4.78, 5) is 0. The molecule has 2 atom stereocenters. The van der Waals surface area contributed by atoms with Crippen LogP contribution in [0.2, 0.25) is 0 Å². The van der Waals surface area contributed by atoms with Crippen molar-refractivity contribution in [1.29, 1.82) is 0 Å². The average Bonchev–Trinajstić information content (AvgIpc) is 2.59. The fourth-order valence-electron chi connectivity index (χ4n) is 2.69. The number of hydrogen-bond acceptors (Lipinski definition) is 5. The summed E-state index contributed by atoms with van der Waals surface area (Å²) in [5.41, 5.74) is 0. The van der Waals surface area contributed by atoms with Crippen LogP contribution in [0.5, 0.6) is 0 Å². The summed E-state index contributed by atoms with van der Waals surface area (Å²) in [5.74, 6) is 1.21. The molecule has 0 rings (SSSR count). The number of hydrogen-bond donors (Lipinski definition) is 0. The van der Waals surface area contributed by atoms with Crippen LogP contribution in [0.4, 0.5) is 0 Å². The molecule has 0 aliphatic rings. The zero-order valence-corrected chi connectivity index (χ0v) is 18.0. The highest BCUT2D eigenvalue weighted by atomic mass is 31.2. The molecule has 0 aliphatic heterocycles. The van der Waals surface area contributed by atoms with Crippen molar-refractivity contribution >= 4 is 7.60 Å². The Kier molecular flexibility index (Phi) is 127. The summed E-state index contributed by atoms with van der Waals surface area (Å²) in [6.45, 7) is 13.2. The van der Waals surface area contributed by atoms with E-state index in [0.717, 1.165) is 26.1 Å². The zero-order valence-electron chi connectivity index (χ0n) is 17.1. The van der Waals surface area contributed by atoms with Crippen LogP contribution < -0.4 is 0 Å². The van der Waals surface area contributed by atoms with Crippen LogP contribution in [0.3, 0.4) is 0 Å². The molecule has 0 aromatic rings. The summed E-state index contributed by atoms with van der Waals surface area (Å²) >= 11 is 0. The lowest BCUT2D eigenvalue weighted by Crippen LogP contribution is -2.13. The van der Waals surface area contributed by atoms with Crippen molar-refractivity contribution in [3.05, 3.63) is 0 Å². The Balaban J connectivity index is -0.0000000436. The molecule has 0 N–H and O–H groups in total. The first-order valence-electron chi connectivity index (χ1n) is 10.0. The first-order chi connectivity index (χ1) is 12.0. The van der Waals surface area contributed by atoms with Crippen LogP contribution in [0.1, 0.15) is 155 Å². The van der Waals surface area contributed by atoms with Crippen LogP contribution in [-0.4, -0.2) is 46.3 Å². The molecule has 6 heteroatoms.